The van der Waals surface area contributed by atoms with Gasteiger partial charge in [-0.1, -0.05) is 0 Å². The number of hydrogen-bond acceptors (Lipinski definition) is 5. The van der Waals surface area contributed by atoms with Crippen molar-refractivity contribution in [3.63, 3.8) is 0 Å². The van der Waals surface area contributed by atoms with E-state index >= 15 is 0 Å². The number of nitrogens with one attached hydrogen (secondary N) is 1. The summed E-state index contributed by atoms with van der Waals surface area (Å²) in [5.74, 6) is 1.98. The lowest BCUT2D eigenvalue weighted by molar-refractivity contribution is 0.102. The van der Waals surface area contributed by atoms with Gasteiger partial charge in [0.2, 0.25) is 0 Å². The zero-order valence-electron chi connectivity index (χ0n) is 13.8. The molecule has 7 heteroatoms. The van der Waals surface area contributed by atoms with Gasteiger partial charge < -0.3 is 9.30 Å². The van der Waals surface area contributed by atoms with Crippen LogP contribution in [0, 0.1) is 0 Å². The van der Waals surface area contributed by atoms with E-state index in [2.05, 4.69) is 15.3 Å². The molecule has 1 N–H and O–H groups in total. The highest BCUT2D eigenvalue weighted by Crippen LogP contribution is 2.40. The van der Waals surface area contributed by atoms with Gasteiger partial charge in [-0.25, -0.2) is 9.97 Å². The third kappa shape index (κ3) is 3.71. The fourth-order valence-corrected chi connectivity index (χ4v) is 3.25. The molecule has 25 heavy (non-hydrogen) atoms. The van der Waals surface area contributed by atoms with E-state index in [9.17, 15) is 4.79 Å². The third-order valence-corrected chi connectivity index (χ3v) is 4.92. The highest BCUT2D eigenvalue weighted by atomic mass is 32.1. The number of aryl methyl sites for hydroxylation is 1. The molecule has 0 saturated heterocycles. The minimum absolute atomic E-state index is 0.160. The predicted octanol–water partition coefficient (Wildman–Crippen LogP) is 3.59. The Kier molecular flexibility index (Phi) is 4.23. The lowest BCUT2D eigenvalue weighted by Crippen LogP contribution is -2.11. The van der Waals surface area contributed by atoms with E-state index in [4.69, 9.17) is 4.74 Å². The maximum atomic E-state index is 12.3. The number of thiazole rings is 1. The number of rotatable bonds is 6. The molecule has 1 aliphatic carbocycles. The highest BCUT2D eigenvalue weighted by Gasteiger charge is 2.26. The van der Waals surface area contributed by atoms with Crippen LogP contribution in [0.1, 0.15) is 40.6 Å². The van der Waals surface area contributed by atoms with E-state index in [0.29, 0.717) is 29.0 Å². The van der Waals surface area contributed by atoms with Crippen molar-refractivity contribution in [1.82, 2.24) is 14.5 Å². The summed E-state index contributed by atoms with van der Waals surface area (Å²) < 4.78 is 7.60. The lowest BCUT2D eigenvalue weighted by Gasteiger charge is -2.07. The first-order valence-corrected chi connectivity index (χ1v) is 9.03. The molecule has 1 aliphatic rings. The van der Waals surface area contributed by atoms with Crippen molar-refractivity contribution in [2.24, 2.45) is 7.05 Å². The van der Waals surface area contributed by atoms with Crippen LogP contribution in [0.5, 0.6) is 5.75 Å². The summed E-state index contributed by atoms with van der Waals surface area (Å²) in [6, 6.07) is 7.07. The molecule has 0 aliphatic heterocycles. The average Bonchev–Trinajstić information content (AvgIpc) is 3.24. The molecule has 0 bridgehead atoms. The van der Waals surface area contributed by atoms with Gasteiger partial charge in [-0.2, -0.15) is 0 Å². The number of aromatic nitrogens is 3. The summed E-state index contributed by atoms with van der Waals surface area (Å²) in [6.07, 6.45) is 6.02. The molecule has 2 aromatic heterocycles. The van der Waals surface area contributed by atoms with E-state index in [-0.39, 0.29) is 5.91 Å². The number of carbonyl (C=O) groups is 1. The molecule has 128 valence electrons. The van der Waals surface area contributed by atoms with E-state index in [1.165, 1.54) is 24.2 Å². The number of carbonyl (C=O) groups excluding carboxylic acids is 1. The Labute approximate surface area is 149 Å². The molecule has 1 aromatic carbocycles. The van der Waals surface area contributed by atoms with Gasteiger partial charge in [-0.05, 0) is 37.1 Å². The van der Waals surface area contributed by atoms with Crippen molar-refractivity contribution < 1.29 is 9.53 Å². The van der Waals surface area contributed by atoms with Gasteiger partial charge in [-0.3, -0.25) is 10.1 Å². The predicted molar refractivity (Wildman–Crippen MR) is 96.0 cm³/mol. The van der Waals surface area contributed by atoms with Gasteiger partial charge in [-0.15, -0.1) is 11.3 Å². The van der Waals surface area contributed by atoms with Crippen molar-refractivity contribution in [3.8, 4) is 5.75 Å². The molecule has 0 radical (unpaired) electrons. The maximum Gasteiger partial charge on any atom is 0.257 e. The van der Waals surface area contributed by atoms with Crippen molar-refractivity contribution in [2.45, 2.75) is 25.4 Å². The second-order valence-corrected chi connectivity index (χ2v) is 6.93. The van der Waals surface area contributed by atoms with E-state index in [1.807, 2.05) is 23.2 Å². The van der Waals surface area contributed by atoms with Crippen LogP contribution in [0.3, 0.4) is 0 Å². The van der Waals surface area contributed by atoms with Crippen LogP contribution in [0.25, 0.3) is 0 Å². The molecular weight excluding hydrogens is 336 g/mol. The molecule has 3 aromatic rings. The number of anilines is 1. The summed E-state index contributed by atoms with van der Waals surface area (Å²) in [4.78, 5) is 21.0. The van der Waals surface area contributed by atoms with Crippen molar-refractivity contribution in [2.75, 3.05) is 5.32 Å². The third-order valence-electron chi connectivity index (χ3n) is 4.14. The zero-order chi connectivity index (χ0) is 17.2. The molecule has 2 heterocycles. The topological polar surface area (TPSA) is 69.0 Å². The monoisotopic (exact) mass is 354 g/mol. The molecule has 1 fully saturated rings. The molecule has 6 nitrogen and oxygen atoms in total. The fraction of sp³-hybridized carbons (Fsp3) is 0.278. The minimum Gasteiger partial charge on any atom is -0.486 e. The van der Waals surface area contributed by atoms with Gasteiger partial charge in [0.1, 0.15) is 18.2 Å². The Morgan fingerprint density at radius 1 is 1.36 bits per heavy atom. The number of amides is 1. The Morgan fingerprint density at radius 2 is 2.16 bits per heavy atom. The number of ether oxygens (including phenoxy) is 1. The first-order valence-electron chi connectivity index (χ1n) is 8.15. The number of imidazole rings is 1. The SMILES string of the molecule is Cn1ccnc1COc1ccc(C(=O)Nc2nc(C3CC3)cs2)cc1. The minimum atomic E-state index is -0.160. The van der Waals surface area contributed by atoms with Gasteiger partial charge in [0.05, 0.1) is 5.69 Å². The molecule has 0 unspecified atom stereocenters. The van der Waals surface area contributed by atoms with Crippen LogP contribution in [-0.4, -0.2) is 20.4 Å². The molecule has 4 rings (SSSR count). The molecule has 0 spiro atoms. The van der Waals surface area contributed by atoms with Crippen LogP contribution in [0.15, 0.2) is 42.0 Å². The van der Waals surface area contributed by atoms with Gasteiger partial charge in [0, 0.05) is 36.3 Å². The summed E-state index contributed by atoms with van der Waals surface area (Å²) in [7, 11) is 1.92. The Balaban J connectivity index is 1.35. The smallest absolute Gasteiger partial charge is 0.257 e. The standard InChI is InChI=1S/C18H18N4O2S/c1-22-9-8-19-16(22)10-24-14-6-4-13(5-7-14)17(23)21-18-20-15(11-25-18)12-2-3-12/h4-9,11-12H,2-3,10H2,1H3,(H,20,21,23). The average molecular weight is 354 g/mol. The van der Waals surface area contributed by atoms with E-state index < -0.39 is 0 Å². The summed E-state index contributed by atoms with van der Waals surface area (Å²) >= 11 is 1.47. The largest absolute Gasteiger partial charge is 0.486 e. The molecule has 0 atom stereocenters. The second kappa shape index (κ2) is 6.68. The van der Waals surface area contributed by atoms with Crippen LogP contribution >= 0.6 is 11.3 Å². The highest BCUT2D eigenvalue weighted by molar-refractivity contribution is 7.14. The quantitative estimate of drug-likeness (QED) is 0.734. The lowest BCUT2D eigenvalue weighted by atomic mass is 10.2. The number of nitrogens with zero attached hydrogens (tertiary/aromatic N) is 3. The fourth-order valence-electron chi connectivity index (χ4n) is 2.47. The van der Waals surface area contributed by atoms with Crippen molar-refractivity contribution in [1.29, 1.82) is 0 Å². The Morgan fingerprint density at radius 3 is 2.84 bits per heavy atom. The maximum absolute atomic E-state index is 12.3. The normalized spacial score (nSPS) is 13.6. The van der Waals surface area contributed by atoms with Crippen LogP contribution in [0.2, 0.25) is 0 Å². The first kappa shape index (κ1) is 15.8. The summed E-state index contributed by atoms with van der Waals surface area (Å²) in [5.41, 5.74) is 1.67. The van der Waals surface area contributed by atoms with Crippen LogP contribution < -0.4 is 10.1 Å². The van der Waals surface area contributed by atoms with Crippen LogP contribution in [-0.2, 0) is 13.7 Å². The van der Waals surface area contributed by atoms with E-state index in [1.54, 1.807) is 30.5 Å². The Bertz CT molecular complexity index is 881. The molecular formula is C18H18N4O2S. The number of hydrogen-bond donors (Lipinski definition) is 1. The molecule has 1 amide bonds. The van der Waals surface area contributed by atoms with E-state index in [0.717, 1.165) is 11.5 Å². The summed E-state index contributed by atoms with van der Waals surface area (Å²) in [6.45, 7) is 0.387. The summed E-state index contributed by atoms with van der Waals surface area (Å²) in [5, 5.41) is 5.54. The Hall–Kier alpha value is -2.67. The molecule has 1 saturated carbocycles. The van der Waals surface area contributed by atoms with Gasteiger partial charge in [0.25, 0.3) is 5.91 Å². The van der Waals surface area contributed by atoms with Gasteiger partial charge in [0.15, 0.2) is 5.13 Å². The first-order chi connectivity index (χ1) is 12.2. The van der Waals surface area contributed by atoms with Crippen molar-refractivity contribution in [3.05, 3.63) is 59.1 Å². The zero-order valence-corrected chi connectivity index (χ0v) is 14.6. The van der Waals surface area contributed by atoms with Crippen LogP contribution in [0.4, 0.5) is 5.13 Å². The van der Waals surface area contributed by atoms with Crippen molar-refractivity contribution >= 4 is 22.4 Å². The van der Waals surface area contributed by atoms with Gasteiger partial charge >= 0.3 is 0 Å². The second-order valence-electron chi connectivity index (χ2n) is 6.07. The number of benzene rings is 1.